The van der Waals surface area contributed by atoms with Gasteiger partial charge in [0.2, 0.25) is 0 Å². The predicted octanol–water partition coefficient (Wildman–Crippen LogP) is 1.38. The first-order valence-corrected chi connectivity index (χ1v) is 5.13. The smallest absolute Gasteiger partial charge is 0.303 e. The maximum absolute atomic E-state index is 10.2. The van der Waals surface area contributed by atoms with Gasteiger partial charge in [0.05, 0.1) is 0 Å². The van der Waals surface area contributed by atoms with Gasteiger partial charge in [-0.3, -0.25) is 10.1 Å². The van der Waals surface area contributed by atoms with Gasteiger partial charge in [0.15, 0.2) is 0 Å². The number of hydrogen-bond donors (Lipinski definition) is 3. The molecule has 0 aliphatic heterocycles. The fourth-order valence-electron chi connectivity index (χ4n) is 1.20. The van der Waals surface area contributed by atoms with E-state index in [0.717, 1.165) is 38.6 Å². The van der Waals surface area contributed by atoms with Crippen molar-refractivity contribution in [2.45, 2.75) is 38.5 Å². The number of unbranched alkanes of at least 4 members (excludes halogenated alkanes) is 4. The van der Waals surface area contributed by atoms with E-state index in [1.54, 1.807) is 0 Å². The monoisotopic (exact) mass is 221 g/mol. The van der Waals surface area contributed by atoms with Crippen LogP contribution in [0.2, 0.25) is 0 Å². The fourth-order valence-corrected chi connectivity index (χ4v) is 1.20. The average molecular weight is 221 g/mol. The Labute approximate surface area is 89.0 Å². The second kappa shape index (κ2) is 11.4. The third kappa shape index (κ3) is 13.3. The summed E-state index contributed by atoms with van der Waals surface area (Å²) in [6, 6.07) is 0. The molecule has 3 N–H and O–H groups in total. The highest BCUT2D eigenvalue weighted by atomic mass is 17.5. The molecule has 0 unspecified atom stereocenters. The lowest BCUT2D eigenvalue weighted by molar-refractivity contribution is -0.492. The van der Waals surface area contributed by atoms with Gasteiger partial charge in [0, 0.05) is 6.42 Å². The van der Waals surface area contributed by atoms with Crippen LogP contribution in [0.25, 0.3) is 0 Å². The molecule has 0 aliphatic rings. The minimum absolute atomic E-state index is 0.162. The van der Waals surface area contributed by atoms with Crippen molar-refractivity contribution < 1.29 is 25.1 Å². The van der Waals surface area contributed by atoms with Crippen LogP contribution in [0.3, 0.4) is 0 Å². The average Bonchev–Trinajstić information content (AvgIpc) is 2.20. The Morgan fingerprint density at radius 2 is 1.80 bits per heavy atom. The van der Waals surface area contributed by atoms with Crippen LogP contribution >= 0.6 is 0 Å². The van der Waals surface area contributed by atoms with Crippen molar-refractivity contribution >= 4 is 5.97 Å². The molecule has 0 atom stereocenters. The summed E-state index contributed by atoms with van der Waals surface area (Å²) in [4.78, 5) is 14.4. The van der Waals surface area contributed by atoms with Crippen LogP contribution in [0.1, 0.15) is 38.5 Å². The van der Waals surface area contributed by atoms with E-state index in [1.165, 1.54) is 0 Å². The van der Waals surface area contributed by atoms with Crippen LogP contribution in [-0.4, -0.2) is 29.6 Å². The van der Waals surface area contributed by atoms with E-state index >= 15 is 0 Å². The first-order valence-electron chi connectivity index (χ1n) is 5.13. The molecule has 15 heavy (non-hydrogen) atoms. The number of rotatable bonds is 11. The van der Waals surface area contributed by atoms with Crippen LogP contribution < -0.4 is 5.32 Å². The molecule has 0 bridgehead atoms. The molecule has 0 rings (SSSR count). The van der Waals surface area contributed by atoms with Crippen molar-refractivity contribution in [3.05, 3.63) is 0 Å². The molecule has 0 heterocycles. The summed E-state index contributed by atoms with van der Waals surface area (Å²) in [6.45, 7) is 0.956. The Bertz CT molecular complexity index is 153. The van der Waals surface area contributed by atoms with Crippen LogP contribution in [0, 0.1) is 0 Å². The third-order valence-corrected chi connectivity index (χ3v) is 1.96. The molecule has 0 fully saturated rings. The zero-order chi connectivity index (χ0) is 11.4. The van der Waals surface area contributed by atoms with Gasteiger partial charge in [-0.25, -0.2) is 5.26 Å². The third-order valence-electron chi connectivity index (χ3n) is 1.96. The van der Waals surface area contributed by atoms with Gasteiger partial charge >= 0.3 is 5.97 Å². The lowest BCUT2D eigenvalue weighted by atomic mass is 10.1. The molecular weight excluding hydrogens is 202 g/mol. The number of carboxylic acids is 1. The van der Waals surface area contributed by atoms with E-state index in [1.807, 2.05) is 0 Å². The number of nitrogens with one attached hydrogen (secondary N) is 1. The standard InChI is InChI=1S/C9H19NO5/c11-9(12)6-4-2-1-3-5-7-10-8-14-15-13/h10,13H,1-8H2,(H,11,12). The second-order valence-corrected chi connectivity index (χ2v) is 3.25. The highest BCUT2D eigenvalue weighted by Gasteiger charge is 1.96. The highest BCUT2D eigenvalue weighted by Crippen LogP contribution is 2.04. The van der Waals surface area contributed by atoms with Crippen molar-refractivity contribution in [1.29, 1.82) is 0 Å². The van der Waals surface area contributed by atoms with E-state index in [9.17, 15) is 4.79 Å². The Balaban J connectivity index is 2.89. The molecule has 0 aromatic rings. The molecule has 6 nitrogen and oxygen atoms in total. The summed E-state index contributed by atoms with van der Waals surface area (Å²) in [5.74, 6) is -0.724. The topological polar surface area (TPSA) is 88.0 Å². The van der Waals surface area contributed by atoms with Crippen molar-refractivity contribution in [1.82, 2.24) is 5.32 Å². The quantitative estimate of drug-likeness (QED) is 0.211. The van der Waals surface area contributed by atoms with Gasteiger partial charge in [-0.2, -0.15) is 4.89 Å². The van der Waals surface area contributed by atoms with Gasteiger partial charge in [-0.15, -0.1) is 0 Å². The largest absolute Gasteiger partial charge is 0.481 e. The molecule has 0 aromatic heterocycles. The first-order chi connectivity index (χ1) is 7.27. The lowest BCUT2D eigenvalue weighted by Crippen LogP contribution is -2.18. The molecule has 90 valence electrons. The van der Waals surface area contributed by atoms with Crippen molar-refractivity contribution in [2.75, 3.05) is 13.3 Å². The van der Waals surface area contributed by atoms with Gasteiger partial charge in [-0.05, 0) is 19.4 Å². The van der Waals surface area contributed by atoms with Crippen LogP contribution in [-0.2, 0) is 14.7 Å². The van der Waals surface area contributed by atoms with E-state index < -0.39 is 5.97 Å². The van der Waals surface area contributed by atoms with E-state index in [2.05, 4.69) is 15.2 Å². The van der Waals surface area contributed by atoms with Crippen LogP contribution in [0.15, 0.2) is 0 Å². The SMILES string of the molecule is O=C(O)CCCCCCCNCOOO. The summed E-state index contributed by atoms with van der Waals surface area (Å²) in [5.41, 5.74) is 0. The Morgan fingerprint density at radius 1 is 1.13 bits per heavy atom. The van der Waals surface area contributed by atoms with E-state index in [4.69, 9.17) is 10.4 Å². The maximum atomic E-state index is 10.2. The first kappa shape index (κ1) is 14.3. The second-order valence-electron chi connectivity index (χ2n) is 3.25. The van der Waals surface area contributed by atoms with Crippen molar-refractivity contribution in [2.24, 2.45) is 0 Å². The van der Waals surface area contributed by atoms with Gasteiger partial charge in [0.25, 0.3) is 0 Å². The van der Waals surface area contributed by atoms with E-state index in [-0.39, 0.29) is 13.2 Å². The number of carbonyl (C=O) groups is 1. The minimum Gasteiger partial charge on any atom is -0.481 e. The summed E-state index contributed by atoms with van der Waals surface area (Å²) in [6.07, 6.45) is 5.09. The van der Waals surface area contributed by atoms with Crippen LogP contribution in [0.4, 0.5) is 0 Å². The molecule has 0 spiro atoms. The molecule has 0 saturated heterocycles. The number of hydrogen-bond acceptors (Lipinski definition) is 5. The van der Waals surface area contributed by atoms with Gasteiger partial charge in [-0.1, -0.05) is 24.3 Å². The molecule has 0 amide bonds. The van der Waals surface area contributed by atoms with E-state index in [0.29, 0.717) is 0 Å². The highest BCUT2D eigenvalue weighted by molar-refractivity contribution is 5.66. The Morgan fingerprint density at radius 3 is 2.47 bits per heavy atom. The number of carboxylic acid groups (broad SMARTS) is 1. The molecular formula is C9H19NO5. The molecule has 6 heteroatoms. The summed E-state index contributed by atoms with van der Waals surface area (Å²) in [5, 5.41) is 22.5. The van der Waals surface area contributed by atoms with Crippen molar-refractivity contribution in [3.63, 3.8) is 0 Å². The number of aliphatic carboxylic acids is 1. The predicted molar refractivity (Wildman–Crippen MR) is 53.0 cm³/mol. The van der Waals surface area contributed by atoms with Gasteiger partial charge < -0.3 is 5.11 Å². The zero-order valence-corrected chi connectivity index (χ0v) is 8.78. The lowest BCUT2D eigenvalue weighted by Gasteiger charge is -2.02. The Kier molecular flexibility index (Phi) is 10.9. The van der Waals surface area contributed by atoms with Crippen LogP contribution in [0.5, 0.6) is 0 Å². The fraction of sp³-hybridized carbons (Fsp3) is 0.889. The summed E-state index contributed by atoms with van der Waals surface area (Å²) >= 11 is 0. The van der Waals surface area contributed by atoms with Crippen molar-refractivity contribution in [3.8, 4) is 0 Å². The Hall–Kier alpha value is -0.690. The normalized spacial score (nSPS) is 10.5. The summed E-state index contributed by atoms with van der Waals surface area (Å²) < 4.78 is 0. The summed E-state index contributed by atoms with van der Waals surface area (Å²) in [7, 11) is 0. The minimum atomic E-state index is -0.724. The molecule has 0 aliphatic carbocycles. The molecule has 0 aromatic carbocycles. The maximum Gasteiger partial charge on any atom is 0.303 e. The van der Waals surface area contributed by atoms with Gasteiger partial charge in [0.1, 0.15) is 6.73 Å². The molecule has 0 saturated carbocycles. The zero-order valence-electron chi connectivity index (χ0n) is 8.78. The molecule has 0 radical (unpaired) electrons.